The number of rotatable bonds is 6. The summed E-state index contributed by atoms with van der Waals surface area (Å²) in [5.41, 5.74) is 2.58. The van der Waals surface area contributed by atoms with Gasteiger partial charge in [0.25, 0.3) is 0 Å². The third kappa shape index (κ3) is 4.31. The standard InChI is InChI=1S/C20H19NO3S/c1-13-7-9-15(10-8-13)20(23)14(2)24-19(22)12-11-18-21-16-5-3-4-6-17(16)25-18/h3-10,14H,11-12H2,1-2H3/t14-/m1/s1. The van der Waals surface area contributed by atoms with Crippen molar-refractivity contribution in [3.8, 4) is 0 Å². The van der Waals surface area contributed by atoms with E-state index >= 15 is 0 Å². The lowest BCUT2D eigenvalue weighted by atomic mass is 10.1. The highest BCUT2D eigenvalue weighted by Gasteiger charge is 2.19. The largest absolute Gasteiger partial charge is 0.454 e. The van der Waals surface area contributed by atoms with Crippen molar-refractivity contribution in [1.82, 2.24) is 4.98 Å². The zero-order chi connectivity index (χ0) is 17.8. The number of hydrogen-bond acceptors (Lipinski definition) is 5. The van der Waals surface area contributed by atoms with Crippen molar-refractivity contribution in [2.75, 3.05) is 0 Å². The Morgan fingerprint density at radius 3 is 2.56 bits per heavy atom. The minimum absolute atomic E-state index is 0.187. The van der Waals surface area contributed by atoms with E-state index in [4.69, 9.17) is 4.74 Å². The molecular weight excluding hydrogens is 334 g/mol. The molecule has 0 bridgehead atoms. The predicted molar refractivity (Wildman–Crippen MR) is 99.0 cm³/mol. The Morgan fingerprint density at radius 2 is 1.84 bits per heavy atom. The molecule has 0 spiro atoms. The SMILES string of the molecule is Cc1ccc(C(=O)[C@@H](C)OC(=O)CCc2nc3ccccc3s2)cc1. The molecule has 2 aromatic carbocycles. The van der Waals surface area contributed by atoms with Crippen molar-refractivity contribution in [3.05, 3.63) is 64.7 Å². The van der Waals surface area contributed by atoms with E-state index in [-0.39, 0.29) is 18.2 Å². The van der Waals surface area contributed by atoms with Crippen LogP contribution in [0.5, 0.6) is 0 Å². The molecule has 1 atom stereocenters. The number of aromatic nitrogens is 1. The lowest BCUT2D eigenvalue weighted by molar-refractivity contribution is -0.146. The van der Waals surface area contributed by atoms with Crippen LogP contribution in [0.2, 0.25) is 0 Å². The Bertz CT molecular complexity index is 866. The summed E-state index contributed by atoms with van der Waals surface area (Å²) >= 11 is 1.58. The van der Waals surface area contributed by atoms with Gasteiger partial charge in [0.15, 0.2) is 6.10 Å². The summed E-state index contributed by atoms with van der Waals surface area (Å²) in [6, 6.07) is 15.1. The second-order valence-electron chi connectivity index (χ2n) is 5.94. The number of Topliss-reactive ketones (excluding diaryl/α,β-unsaturated/α-hetero) is 1. The number of para-hydroxylation sites is 1. The molecule has 25 heavy (non-hydrogen) atoms. The Kier molecular flexibility index (Phi) is 5.24. The number of carbonyl (C=O) groups excluding carboxylic acids is 2. The lowest BCUT2D eigenvalue weighted by Crippen LogP contribution is -2.24. The van der Waals surface area contributed by atoms with Gasteiger partial charge in [0, 0.05) is 12.0 Å². The maximum atomic E-state index is 12.3. The van der Waals surface area contributed by atoms with Crippen LogP contribution in [0.25, 0.3) is 10.2 Å². The highest BCUT2D eigenvalue weighted by atomic mass is 32.1. The number of thiazole rings is 1. The van der Waals surface area contributed by atoms with Gasteiger partial charge in [-0.2, -0.15) is 0 Å². The Morgan fingerprint density at radius 1 is 1.12 bits per heavy atom. The second-order valence-corrected chi connectivity index (χ2v) is 7.05. The Balaban J connectivity index is 1.54. The summed E-state index contributed by atoms with van der Waals surface area (Å²) in [4.78, 5) is 28.8. The van der Waals surface area contributed by atoms with E-state index < -0.39 is 6.10 Å². The van der Waals surface area contributed by atoms with Gasteiger partial charge in [0.05, 0.1) is 21.6 Å². The fourth-order valence-electron chi connectivity index (χ4n) is 2.50. The Labute approximate surface area is 150 Å². The van der Waals surface area contributed by atoms with Crippen molar-refractivity contribution in [1.29, 1.82) is 0 Å². The molecule has 0 N–H and O–H groups in total. The van der Waals surface area contributed by atoms with E-state index in [1.54, 1.807) is 30.4 Å². The lowest BCUT2D eigenvalue weighted by Gasteiger charge is -2.12. The number of hydrogen-bond donors (Lipinski definition) is 0. The number of nitrogens with zero attached hydrogens (tertiary/aromatic N) is 1. The number of ether oxygens (including phenoxy) is 1. The molecule has 0 saturated heterocycles. The van der Waals surface area contributed by atoms with Crippen LogP contribution in [-0.2, 0) is 16.0 Å². The quantitative estimate of drug-likeness (QED) is 0.488. The third-order valence-corrected chi connectivity index (χ3v) is 4.99. The molecule has 5 heteroatoms. The molecule has 0 saturated carbocycles. The van der Waals surface area contributed by atoms with E-state index in [1.165, 1.54) is 0 Å². The van der Waals surface area contributed by atoms with Gasteiger partial charge >= 0.3 is 5.97 Å². The van der Waals surface area contributed by atoms with Gasteiger partial charge < -0.3 is 4.74 Å². The maximum absolute atomic E-state index is 12.3. The first-order valence-corrected chi connectivity index (χ1v) is 8.99. The first-order chi connectivity index (χ1) is 12.0. The van der Waals surface area contributed by atoms with Gasteiger partial charge in [-0.3, -0.25) is 9.59 Å². The molecule has 3 rings (SSSR count). The number of carbonyl (C=O) groups is 2. The molecule has 3 aromatic rings. The van der Waals surface area contributed by atoms with Crippen molar-refractivity contribution < 1.29 is 14.3 Å². The maximum Gasteiger partial charge on any atom is 0.306 e. The summed E-state index contributed by atoms with van der Waals surface area (Å²) in [7, 11) is 0. The minimum atomic E-state index is -0.787. The van der Waals surface area contributed by atoms with Gasteiger partial charge in [-0.05, 0) is 26.0 Å². The number of esters is 1. The van der Waals surface area contributed by atoms with Gasteiger partial charge in [0.2, 0.25) is 5.78 Å². The van der Waals surface area contributed by atoms with Crippen molar-refractivity contribution in [2.45, 2.75) is 32.8 Å². The van der Waals surface area contributed by atoms with Crippen molar-refractivity contribution in [3.63, 3.8) is 0 Å². The summed E-state index contributed by atoms with van der Waals surface area (Å²) in [6.45, 7) is 3.57. The topological polar surface area (TPSA) is 56.3 Å². The first-order valence-electron chi connectivity index (χ1n) is 8.18. The average molecular weight is 353 g/mol. The molecule has 0 fully saturated rings. The van der Waals surface area contributed by atoms with Gasteiger partial charge in [-0.1, -0.05) is 42.0 Å². The first kappa shape index (κ1) is 17.3. The number of fused-ring (bicyclic) bond motifs is 1. The van der Waals surface area contributed by atoms with E-state index in [2.05, 4.69) is 4.98 Å². The zero-order valence-corrected chi connectivity index (χ0v) is 15.0. The Hall–Kier alpha value is -2.53. The molecular formula is C20H19NO3S. The van der Waals surface area contributed by atoms with Crippen molar-refractivity contribution in [2.24, 2.45) is 0 Å². The van der Waals surface area contributed by atoms with E-state index in [0.717, 1.165) is 20.8 Å². The molecule has 1 heterocycles. The number of aryl methyl sites for hydroxylation is 2. The molecule has 0 aliphatic heterocycles. The molecule has 0 aliphatic carbocycles. The molecule has 0 aliphatic rings. The molecule has 1 aromatic heterocycles. The van der Waals surface area contributed by atoms with Crippen LogP contribution in [0.1, 0.15) is 34.3 Å². The molecule has 4 nitrogen and oxygen atoms in total. The van der Waals surface area contributed by atoms with Gasteiger partial charge in [-0.15, -0.1) is 11.3 Å². The van der Waals surface area contributed by atoms with Crippen LogP contribution in [0.15, 0.2) is 48.5 Å². The fourth-order valence-corrected chi connectivity index (χ4v) is 3.46. The van der Waals surface area contributed by atoms with Crippen molar-refractivity contribution >= 4 is 33.3 Å². The van der Waals surface area contributed by atoms with Crippen LogP contribution in [-0.4, -0.2) is 22.8 Å². The van der Waals surface area contributed by atoms with E-state index in [0.29, 0.717) is 12.0 Å². The van der Waals surface area contributed by atoms with E-state index in [9.17, 15) is 9.59 Å². The van der Waals surface area contributed by atoms with Gasteiger partial charge in [0.1, 0.15) is 0 Å². The summed E-state index contributed by atoms with van der Waals surface area (Å²) in [5.74, 6) is -0.569. The van der Waals surface area contributed by atoms with E-state index in [1.807, 2.05) is 43.3 Å². The molecule has 0 amide bonds. The summed E-state index contributed by atoms with van der Waals surface area (Å²) < 4.78 is 6.39. The normalized spacial score (nSPS) is 12.1. The highest BCUT2D eigenvalue weighted by molar-refractivity contribution is 7.18. The smallest absolute Gasteiger partial charge is 0.306 e. The highest BCUT2D eigenvalue weighted by Crippen LogP contribution is 2.22. The number of ketones is 1. The molecule has 0 radical (unpaired) electrons. The second kappa shape index (κ2) is 7.57. The summed E-state index contributed by atoms with van der Waals surface area (Å²) in [6.07, 6.45) is -0.0554. The monoisotopic (exact) mass is 353 g/mol. The predicted octanol–water partition coefficient (Wildman–Crippen LogP) is 4.35. The van der Waals surface area contributed by atoms with Crippen LogP contribution in [0.3, 0.4) is 0 Å². The minimum Gasteiger partial charge on any atom is -0.454 e. The fraction of sp³-hybridized carbons (Fsp3) is 0.250. The zero-order valence-electron chi connectivity index (χ0n) is 14.2. The van der Waals surface area contributed by atoms with Gasteiger partial charge in [-0.25, -0.2) is 4.98 Å². The summed E-state index contributed by atoms with van der Waals surface area (Å²) in [5, 5.41) is 0.899. The number of benzene rings is 2. The third-order valence-electron chi connectivity index (χ3n) is 3.89. The average Bonchev–Trinajstić information content (AvgIpc) is 3.03. The van der Waals surface area contributed by atoms with Crippen LogP contribution in [0.4, 0.5) is 0 Å². The van der Waals surface area contributed by atoms with Crippen LogP contribution >= 0.6 is 11.3 Å². The molecule has 128 valence electrons. The van der Waals surface area contributed by atoms with Crippen LogP contribution < -0.4 is 0 Å². The molecule has 0 unspecified atom stereocenters. The van der Waals surface area contributed by atoms with Crippen LogP contribution in [0, 0.1) is 6.92 Å².